The third-order valence-electron chi connectivity index (χ3n) is 5.89. The van der Waals surface area contributed by atoms with Crippen LogP contribution in [-0.4, -0.2) is 0 Å². The van der Waals surface area contributed by atoms with Gasteiger partial charge in [-0.15, -0.1) is 0 Å². The lowest BCUT2D eigenvalue weighted by atomic mass is 9.63. The lowest BCUT2D eigenvalue weighted by molar-refractivity contribution is 0.0873. The zero-order chi connectivity index (χ0) is 11.5. The maximum absolute atomic E-state index is 2.45. The molecule has 0 atom stereocenters. The highest BCUT2D eigenvalue weighted by molar-refractivity contribution is 5.06. The summed E-state index contributed by atoms with van der Waals surface area (Å²) in [6.07, 6.45) is 18.1. The van der Waals surface area contributed by atoms with E-state index in [1.165, 1.54) is 57.8 Å². The summed E-state index contributed by atoms with van der Waals surface area (Å²) in [7, 11) is 0. The van der Waals surface area contributed by atoms with Crippen LogP contribution in [0.2, 0.25) is 0 Å². The Morgan fingerprint density at radius 3 is 1.62 bits per heavy atom. The molecule has 0 radical (unpaired) electrons. The molecule has 0 amide bonds. The molecule has 2 rings (SSSR count). The van der Waals surface area contributed by atoms with Gasteiger partial charge in [-0.2, -0.15) is 0 Å². The molecule has 94 valence electrons. The second kappa shape index (κ2) is 5.10. The van der Waals surface area contributed by atoms with Gasteiger partial charge in [-0.05, 0) is 49.4 Å². The van der Waals surface area contributed by atoms with Crippen LogP contribution in [0.5, 0.6) is 0 Å². The van der Waals surface area contributed by atoms with Gasteiger partial charge in [0.15, 0.2) is 0 Å². The molecular weight excluding hydrogens is 192 g/mol. The summed E-state index contributed by atoms with van der Waals surface area (Å²) in [4.78, 5) is 0. The van der Waals surface area contributed by atoms with Crippen molar-refractivity contribution >= 4 is 0 Å². The predicted octanol–water partition coefficient (Wildman–Crippen LogP) is 5.71. The second-order valence-electron chi connectivity index (χ2n) is 6.39. The molecule has 0 bridgehead atoms. The fraction of sp³-hybridized carbons (Fsp3) is 1.00. The Kier molecular flexibility index (Phi) is 3.97. The van der Waals surface area contributed by atoms with Crippen molar-refractivity contribution in [2.75, 3.05) is 0 Å². The van der Waals surface area contributed by atoms with Crippen molar-refractivity contribution in [3.8, 4) is 0 Å². The second-order valence-corrected chi connectivity index (χ2v) is 6.39. The standard InChI is InChI=1S/C16H30/c1-3-15(4-2)11-9-7-5-6-8-10-12-16(15)13-14-16/h3-14H2,1-2H3. The van der Waals surface area contributed by atoms with Crippen LogP contribution in [-0.2, 0) is 0 Å². The summed E-state index contributed by atoms with van der Waals surface area (Å²) in [6, 6.07) is 0. The van der Waals surface area contributed by atoms with Crippen LogP contribution < -0.4 is 0 Å². The van der Waals surface area contributed by atoms with Crippen LogP contribution >= 0.6 is 0 Å². The van der Waals surface area contributed by atoms with E-state index in [0.717, 1.165) is 10.8 Å². The number of hydrogen-bond acceptors (Lipinski definition) is 0. The Hall–Kier alpha value is 0. The average molecular weight is 222 g/mol. The van der Waals surface area contributed by atoms with E-state index in [9.17, 15) is 0 Å². The molecule has 0 saturated heterocycles. The van der Waals surface area contributed by atoms with Gasteiger partial charge in [-0.1, -0.05) is 52.4 Å². The Balaban J connectivity index is 2.09. The van der Waals surface area contributed by atoms with E-state index in [1.807, 2.05) is 0 Å². The molecule has 2 aliphatic carbocycles. The molecule has 2 aliphatic rings. The summed E-state index contributed by atoms with van der Waals surface area (Å²) < 4.78 is 0. The third kappa shape index (κ3) is 2.17. The quantitative estimate of drug-likeness (QED) is 0.561. The maximum atomic E-state index is 2.45. The molecule has 0 aromatic heterocycles. The summed E-state index contributed by atoms with van der Waals surface area (Å²) in [6.45, 7) is 4.91. The third-order valence-corrected chi connectivity index (χ3v) is 5.89. The van der Waals surface area contributed by atoms with Crippen LogP contribution in [0.4, 0.5) is 0 Å². The lowest BCUT2D eigenvalue weighted by Gasteiger charge is -2.41. The molecule has 2 saturated carbocycles. The first-order valence-corrected chi connectivity index (χ1v) is 7.79. The maximum Gasteiger partial charge on any atom is -0.0241 e. The molecule has 1 spiro atoms. The van der Waals surface area contributed by atoms with Crippen LogP contribution in [0.3, 0.4) is 0 Å². The molecule has 0 heterocycles. The van der Waals surface area contributed by atoms with Gasteiger partial charge < -0.3 is 0 Å². The van der Waals surface area contributed by atoms with Crippen LogP contribution in [0.1, 0.15) is 90.9 Å². The normalized spacial score (nSPS) is 28.9. The fourth-order valence-corrected chi connectivity index (χ4v) is 4.45. The van der Waals surface area contributed by atoms with E-state index in [0.29, 0.717) is 0 Å². The van der Waals surface area contributed by atoms with E-state index in [-0.39, 0.29) is 0 Å². The first-order chi connectivity index (χ1) is 7.79. The van der Waals surface area contributed by atoms with Crippen molar-refractivity contribution in [3.05, 3.63) is 0 Å². The Morgan fingerprint density at radius 1 is 0.625 bits per heavy atom. The van der Waals surface area contributed by atoms with Gasteiger partial charge in [0.1, 0.15) is 0 Å². The van der Waals surface area contributed by atoms with Gasteiger partial charge in [0.05, 0.1) is 0 Å². The Bertz CT molecular complexity index is 208. The molecular formula is C16H30. The highest BCUT2D eigenvalue weighted by Gasteiger charge is 2.55. The van der Waals surface area contributed by atoms with Gasteiger partial charge in [0.25, 0.3) is 0 Å². The summed E-state index contributed by atoms with van der Waals surface area (Å²) in [5.41, 5.74) is 1.53. The van der Waals surface area contributed by atoms with E-state index in [1.54, 1.807) is 19.3 Å². The summed E-state index contributed by atoms with van der Waals surface area (Å²) in [5, 5.41) is 0. The van der Waals surface area contributed by atoms with Crippen molar-refractivity contribution in [2.24, 2.45) is 10.8 Å². The zero-order valence-electron chi connectivity index (χ0n) is 11.5. The Morgan fingerprint density at radius 2 is 1.12 bits per heavy atom. The smallest absolute Gasteiger partial charge is 0.0241 e. The first kappa shape index (κ1) is 12.5. The molecule has 0 N–H and O–H groups in total. The average Bonchev–Trinajstić information content (AvgIpc) is 3.09. The number of rotatable bonds is 2. The molecule has 0 heteroatoms. The zero-order valence-corrected chi connectivity index (χ0v) is 11.5. The molecule has 0 unspecified atom stereocenters. The van der Waals surface area contributed by atoms with Gasteiger partial charge in [0, 0.05) is 0 Å². The van der Waals surface area contributed by atoms with E-state index < -0.39 is 0 Å². The van der Waals surface area contributed by atoms with Crippen LogP contribution in [0.25, 0.3) is 0 Å². The summed E-state index contributed by atoms with van der Waals surface area (Å²) in [5.74, 6) is 0. The highest BCUT2D eigenvalue weighted by Crippen LogP contribution is 2.66. The molecule has 0 aromatic carbocycles. The minimum absolute atomic E-state index is 0.727. The predicted molar refractivity (Wildman–Crippen MR) is 71.6 cm³/mol. The van der Waals surface area contributed by atoms with E-state index >= 15 is 0 Å². The minimum atomic E-state index is 0.727. The van der Waals surface area contributed by atoms with Gasteiger partial charge >= 0.3 is 0 Å². The van der Waals surface area contributed by atoms with E-state index in [4.69, 9.17) is 0 Å². The fourth-order valence-electron chi connectivity index (χ4n) is 4.45. The molecule has 16 heavy (non-hydrogen) atoms. The first-order valence-electron chi connectivity index (χ1n) is 7.79. The van der Waals surface area contributed by atoms with Gasteiger partial charge in [-0.3, -0.25) is 0 Å². The van der Waals surface area contributed by atoms with Crippen molar-refractivity contribution < 1.29 is 0 Å². The Labute approximate surface area is 102 Å². The van der Waals surface area contributed by atoms with Gasteiger partial charge in [-0.25, -0.2) is 0 Å². The molecule has 2 fully saturated rings. The molecule has 0 aromatic rings. The van der Waals surface area contributed by atoms with Crippen LogP contribution in [0.15, 0.2) is 0 Å². The van der Waals surface area contributed by atoms with E-state index in [2.05, 4.69) is 13.8 Å². The van der Waals surface area contributed by atoms with Crippen molar-refractivity contribution in [1.82, 2.24) is 0 Å². The monoisotopic (exact) mass is 222 g/mol. The molecule has 0 nitrogen and oxygen atoms in total. The highest BCUT2D eigenvalue weighted by atomic mass is 14.6. The van der Waals surface area contributed by atoms with Gasteiger partial charge in [0.2, 0.25) is 0 Å². The largest absolute Gasteiger partial charge is 0.0648 e. The van der Waals surface area contributed by atoms with Crippen molar-refractivity contribution in [1.29, 1.82) is 0 Å². The molecule has 0 aliphatic heterocycles. The lowest BCUT2D eigenvalue weighted by Crippen LogP contribution is -2.31. The minimum Gasteiger partial charge on any atom is -0.0648 e. The topological polar surface area (TPSA) is 0 Å². The van der Waals surface area contributed by atoms with Crippen molar-refractivity contribution in [2.45, 2.75) is 90.9 Å². The number of hydrogen-bond donors (Lipinski definition) is 0. The summed E-state index contributed by atoms with van der Waals surface area (Å²) >= 11 is 0. The van der Waals surface area contributed by atoms with Crippen LogP contribution in [0, 0.1) is 10.8 Å². The van der Waals surface area contributed by atoms with Crippen molar-refractivity contribution in [3.63, 3.8) is 0 Å². The SMILES string of the molecule is CCC1(CC)CCCCCCCCC12CC2.